The minimum Gasteiger partial charge on any atom is -0.497 e. The maximum Gasteiger partial charge on any atom is 0.257 e. The molecule has 1 heterocycles. The quantitative estimate of drug-likeness (QED) is 0.706. The number of ether oxygens (including phenoxy) is 2. The van der Waals surface area contributed by atoms with Crippen molar-refractivity contribution in [3.63, 3.8) is 0 Å². The van der Waals surface area contributed by atoms with E-state index < -0.39 is 0 Å². The highest BCUT2D eigenvalue weighted by atomic mass is 16.5. The number of carbonyl (C=O) groups excluding carboxylic acids is 1. The molecule has 1 N–H and O–H groups in total. The van der Waals surface area contributed by atoms with E-state index in [1.165, 1.54) is 4.90 Å². The molecule has 28 heavy (non-hydrogen) atoms. The summed E-state index contributed by atoms with van der Waals surface area (Å²) in [6.07, 6.45) is 1.67. The number of benzene rings is 2. The van der Waals surface area contributed by atoms with Gasteiger partial charge in [0, 0.05) is 37.6 Å². The molecule has 144 valence electrons. The van der Waals surface area contributed by atoms with Gasteiger partial charge in [0.25, 0.3) is 5.91 Å². The van der Waals surface area contributed by atoms with Crippen molar-refractivity contribution >= 4 is 17.5 Å². The maximum absolute atomic E-state index is 12.5. The Labute approximate surface area is 164 Å². The summed E-state index contributed by atoms with van der Waals surface area (Å²) >= 11 is 0. The summed E-state index contributed by atoms with van der Waals surface area (Å²) in [7, 11) is 6.57. The molecule has 7 nitrogen and oxygen atoms in total. The van der Waals surface area contributed by atoms with E-state index in [2.05, 4.69) is 15.3 Å². The third kappa shape index (κ3) is 4.20. The second-order valence-corrected chi connectivity index (χ2v) is 6.24. The molecule has 0 atom stereocenters. The van der Waals surface area contributed by atoms with E-state index in [0.29, 0.717) is 23.0 Å². The lowest BCUT2D eigenvalue weighted by molar-refractivity contribution is 0.0824. The fourth-order valence-corrected chi connectivity index (χ4v) is 2.68. The lowest BCUT2D eigenvalue weighted by atomic mass is 10.1. The van der Waals surface area contributed by atoms with Crippen LogP contribution >= 0.6 is 0 Å². The van der Waals surface area contributed by atoms with E-state index in [-0.39, 0.29) is 5.91 Å². The van der Waals surface area contributed by atoms with Gasteiger partial charge in [-0.1, -0.05) is 6.07 Å². The number of nitrogens with one attached hydrogen (secondary N) is 1. The number of aromatic nitrogens is 2. The molecule has 0 aliphatic heterocycles. The molecule has 0 fully saturated rings. The minimum absolute atomic E-state index is 0.137. The molecule has 1 aromatic heterocycles. The van der Waals surface area contributed by atoms with Crippen LogP contribution in [0.4, 0.5) is 11.6 Å². The highest BCUT2D eigenvalue weighted by Gasteiger charge is 2.16. The summed E-state index contributed by atoms with van der Waals surface area (Å²) < 4.78 is 10.6. The van der Waals surface area contributed by atoms with Gasteiger partial charge in [0.1, 0.15) is 11.5 Å². The number of rotatable bonds is 6. The highest BCUT2D eigenvalue weighted by molar-refractivity contribution is 5.97. The van der Waals surface area contributed by atoms with E-state index in [9.17, 15) is 4.79 Å². The summed E-state index contributed by atoms with van der Waals surface area (Å²) in [4.78, 5) is 22.8. The van der Waals surface area contributed by atoms with E-state index in [4.69, 9.17) is 9.47 Å². The van der Waals surface area contributed by atoms with Crippen molar-refractivity contribution in [3.8, 4) is 22.8 Å². The molecule has 0 unspecified atom stereocenters. The Morgan fingerprint density at radius 3 is 2.57 bits per heavy atom. The first-order chi connectivity index (χ1) is 13.5. The van der Waals surface area contributed by atoms with Gasteiger partial charge in [-0.25, -0.2) is 9.97 Å². The van der Waals surface area contributed by atoms with Gasteiger partial charge in [0.2, 0.25) is 5.95 Å². The molecule has 2 aromatic carbocycles. The second kappa shape index (κ2) is 8.39. The van der Waals surface area contributed by atoms with Crippen LogP contribution in [0, 0.1) is 0 Å². The maximum atomic E-state index is 12.5. The summed E-state index contributed by atoms with van der Waals surface area (Å²) in [5.74, 6) is 1.57. The SMILES string of the molecule is COc1cccc(Nc2nccc(-c3ccc(OC)c(C(=O)N(C)C)c3)n2)c1. The van der Waals surface area contributed by atoms with E-state index in [1.54, 1.807) is 52.7 Å². The smallest absolute Gasteiger partial charge is 0.257 e. The number of amides is 1. The predicted molar refractivity (Wildman–Crippen MR) is 108 cm³/mol. The van der Waals surface area contributed by atoms with Crippen LogP contribution in [-0.2, 0) is 0 Å². The number of hydrogen-bond acceptors (Lipinski definition) is 6. The Balaban J connectivity index is 1.93. The van der Waals surface area contributed by atoms with Crippen LogP contribution in [0.25, 0.3) is 11.3 Å². The zero-order valence-corrected chi connectivity index (χ0v) is 16.3. The molecular formula is C21H22N4O3. The first kappa shape index (κ1) is 19.2. The zero-order chi connectivity index (χ0) is 20.1. The largest absolute Gasteiger partial charge is 0.497 e. The third-order valence-electron chi connectivity index (χ3n) is 4.11. The Hall–Kier alpha value is -3.61. The van der Waals surface area contributed by atoms with Crippen LogP contribution in [0.1, 0.15) is 10.4 Å². The molecule has 0 aliphatic carbocycles. The van der Waals surface area contributed by atoms with Crippen molar-refractivity contribution in [1.29, 1.82) is 0 Å². The van der Waals surface area contributed by atoms with Gasteiger partial charge in [-0.15, -0.1) is 0 Å². The van der Waals surface area contributed by atoms with E-state index in [0.717, 1.165) is 17.0 Å². The van der Waals surface area contributed by atoms with Crippen LogP contribution in [0.5, 0.6) is 11.5 Å². The van der Waals surface area contributed by atoms with Gasteiger partial charge in [-0.05, 0) is 36.4 Å². The van der Waals surface area contributed by atoms with E-state index in [1.807, 2.05) is 30.3 Å². The van der Waals surface area contributed by atoms with E-state index >= 15 is 0 Å². The molecule has 0 radical (unpaired) electrons. The predicted octanol–water partition coefficient (Wildman–Crippen LogP) is 3.61. The number of carbonyl (C=O) groups is 1. The Bertz CT molecular complexity index is 989. The van der Waals surface area contributed by atoms with Crippen molar-refractivity contribution < 1.29 is 14.3 Å². The van der Waals surface area contributed by atoms with Crippen molar-refractivity contribution in [2.24, 2.45) is 0 Å². The van der Waals surface area contributed by atoms with Crippen molar-refractivity contribution in [2.45, 2.75) is 0 Å². The monoisotopic (exact) mass is 378 g/mol. The van der Waals surface area contributed by atoms with Crippen LogP contribution in [0.3, 0.4) is 0 Å². The van der Waals surface area contributed by atoms with Gasteiger partial charge in [-0.2, -0.15) is 0 Å². The van der Waals surface area contributed by atoms with Gasteiger partial charge in [0.05, 0.1) is 25.5 Å². The lowest BCUT2D eigenvalue weighted by Crippen LogP contribution is -2.22. The Kier molecular flexibility index (Phi) is 5.74. The van der Waals surface area contributed by atoms with Crippen LogP contribution in [-0.4, -0.2) is 49.1 Å². The topological polar surface area (TPSA) is 76.6 Å². The van der Waals surface area contributed by atoms with Crippen molar-refractivity contribution in [2.75, 3.05) is 33.6 Å². The Morgan fingerprint density at radius 1 is 1.04 bits per heavy atom. The number of hydrogen-bond donors (Lipinski definition) is 1. The average Bonchev–Trinajstić information content (AvgIpc) is 2.73. The average molecular weight is 378 g/mol. The molecule has 0 spiro atoms. The molecule has 7 heteroatoms. The zero-order valence-electron chi connectivity index (χ0n) is 16.3. The first-order valence-electron chi connectivity index (χ1n) is 8.66. The Morgan fingerprint density at radius 2 is 1.86 bits per heavy atom. The molecule has 3 rings (SSSR count). The summed E-state index contributed by atoms with van der Waals surface area (Å²) in [6.45, 7) is 0. The molecule has 0 saturated heterocycles. The fraction of sp³-hybridized carbons (Fsp3) is 0.190. The second-order valence-electron chi connectivity index (χ2n) is 6.24. The summed E-state index contributed by atoms with van der Waals surface area (Å²) in [6, 6.07) is 14.7. The molecule has 1 amide bonds. The number of nitrogens with zero attached hydrogens (tertiary/aromatic N) is 3. The molecule has 3 aromatic rings. The third-order valence-corrected chi connectivity index (χ3v) is 4.11. The molecular weight excluding hydrogens is 356 g/mol. The van der Waals surface area contributed by atoms with Gasteiger partial charge >= 0.3 is 0 Å². The molecule has 0 aliphatic rings. The molecule has 0 saturated carbocycles. The first-order valence-corrected chi connectivity index (χ1v) is 8.66. The number of methoxy groups -OCH3 is 2. The standard InChI is InChI=1S/C21H22N4O3/c1-25(2)20(26)17-12-14(8-9-19(17)28-4)18-10-11-22-21(24-18)23-15-6-5-7-16(13-15)27-3/h5-13H,1-4H3,(H,22,23,24). The van der Waals surface area contributed by atoms with Gasteiger partial charge in [0.15, 0.2) is 0 Å². The summed E-state index contributed by atoms with van der Waals surface area (Å²) in [5.41, 5.74) is 2.78. The van der Waals surface area contributed by atoms with Gasteiger partial charge < -0.3 is 19.7 Å². The minimum atomic E-state index is -0.137. The summed E-state index contributed by atoms with van der Waals surface area (Å²) in [5, 5.41) is 3.16. The molecule has 0 bridgehead atoms. The van der Waals surface area contributed by atoms with Crippen molar-refractivity contribution in [3.05, 3.63) is 60.3 Å². The van der Waals surface area contributed by atoms with Crippen LogP contribution in [0.2, 0.25) is 0 Å². The number of anilines is 2. The highest BCUT2D eigenvalue weighted by Crippen LogP contribution is 2.27. The lowest BCUT2D eigenvalue weighted by Gasteiger charge is -2.15. The van der Waals surface area contributed by atoms with Crippen LogP contribution in [0.15, 0.2) is 54.7 Å². The normalized spacial score (nSPS) is 10.3. The fourth-order valence-electron chi connectivity index (χ4n) is 2.68. The van der Waals surface area contributed by atoms with Gasteiger partial charge in [-0.3, -0.25) is 4.79 Å². The van der Waals surface area contributed by atoms with Crippen LogP contribution < -0.4 is 14.8 Å². The van der Waals surface area contributed by atoms with Crippen molar-refractivity contribution in [1.82, 2.24) is 14.9 Å².